The first-order valence-electron chi connectivity index (χ1n) is 12.2. The molecule has 0 fully saturated rings. The number of methoxy groups -OCH3 is 1. The number of rotatable bonds is 21. The summed E-state index contributed by atoms with van der Waals surface area (Å²) < 4.78 is 5.20. The van der Waals surface area contributed by atoms with Crippen LogP contribution in [0, 0.1) is 11.8 Å². The molecule has 0 saturated heterocycles. The van der Waals surface area contributed by atoms with Crippen LogP contribution in [0.3, 0.4) is 0 Å². The van der Waals surface area contributed by atoms with Crippen LogP contribution in [0.2, 0.25) is 0 Å². The molecule has 158 valence electrons. The Balaban J connectivity index is 3.18. The standard InChI is InChI=1S/C25H52O/c1-5-6-7-8-9-11-14-17-20-24(2)21-18-15-12-10-13-16-19-22-25(3)23-26-4/h24-25H,5-23H2,1-4H3. The summed E-state index contributed by atoms with van der Waals surface area (Å²) in [5.74, 6) is 1.69. The molecule has 2 atom stereocenters. The SMILES string of the molecule is CCCCCCCCCCC(C)CCCCCCCCCC(C)COC. The van der Waals surface area contributed by atoms with E-state index in [1.807, 2.05) is 7.11 Å². The van der Waals surface area contributed by atoms with Gasteiger partial charge in [0.25, 0.3) is 0 Å². The smallest absolute Gasteiger partial charge is 0.0487 e. The van der Waals surface area contributed by atoms with Crippen molar-refractivity contribution < 1.29 is 4.74 Å². The van der Waals surface area contributed by atoms with Crippen LogP contribution in [0.5, 0.6) is 0 Å². The average molecular weight is 369 g/mol. The van der Waals surface area contributed by atoms with Gasteiger partial charge in [-0.3, -0.25) is 0 Å². The molecule has 0 radical (unpaired) electrons. The maximum Gasteiger partial charge on any atom is 0.0487 e. The van der Waals surface area contributed by atoms with Crippen molar-refractivity contribution in [2.45, 2.75) is 136 Å². The number of ether oxygens (including phenoxy) is 1. The van der Waals surface area contributed by atoms with Gasteiger partial charge in [-0.1, -0.05) is 130 Å². The molecule has 0 bridgehead atoms. The Bertz CT molecular complexity index is 251. The number of hydrogen-bond acceptors (Lipinski definition) is 1. The molecule has 0 N–H and O–H groups in total. The molecular formula is C25H52O. The van der Waals surface area contributed by atoms with Crippen LogP contribution in [0.15, 0.2) is 0 Å². The monoisotopic (exact) mass is 368 g/mol. The van der Waals surface area contributed by atoms with Crippen LogP contribution in [0.4, 0.5) is 0 Å². The van der Waals surface area contributed by atoms with Gasteiger partial charge < -0.3 is 4.74 Å². The molecular weight excluding hydrogens is 316 g/mol. The minimum Gasteiger partial charge on any atom is -0.384 e. The van der Waals surface area contributed by atoms with Crippen LogP contribution in [-0.4, -0.2) is 13.7 Å². The van der Waals surface area contributed by atoms with Crippen LogP contribution in [-0.2, 0) is 4.74 Å². The second kappa shape index (κ2) is 21.3. The zero-order valence-corrected chi connectivity index (χ0v) is 19.0. The Morgan fingerprint density at radius 2 is 0.846 bits per heavy atom. The fourth-order valence-corrected chi connectivity index (χ4v) is 4.01. The van der Waals surface area contributed by atoms with Gasteiger partial charge in [0, 0.05) is 13.7 Å². The lowest BCUT2D eigenvalue weighted by Crippen LogP contribution is -2.02. The highest BCUT2D eigenvalue weighted by molar-refractivity contribution is 4.56. The predicted octanol–water partition coefficient (Wildman–Crippen LogP) is 8.95. The second-order valence-corrected chi connectivity index (χ2v) is 8.98. The lowest BCUT2D eigenvalue weighted by molar-refractivity contribution is 0.154. The Morgan fingerprint density at radius 1 is 0.500 bits per heavy atom. The quantitative estimate of drug-likeness (QED) is 0.184. The van der Waals surface area contributed by atoms with E-state index in [2.05, 4.69) is 20.8 Å². The third-order valence-electron chi connectivity index (χ3n) is 5.90. The molecule has 0 saturated carbocycles. The maximum atomic E-state index is 5.20. The molecule has 1 heteroatoms. The van der Waals surface area contributed by atoms with Gasteiger partial charge in [-0.15, -0.1) is 0 Å². The predicted molar refractivity (Wildman–Crippen MR) is 119 cm³/mol. The lowest BCUT2D eigenvalue weighted by Gasteiger charge is -2.11. The van der Waals surface area contributed by atoms with Gasteiger partial charge >= 0.3 is 0 Å². The van der Waals surface area contributed by atoms with Crippen molar-refractivity contribution in [3.63, 3.8) is 0 Å². The normalized spacial score (nSPS) is 13.8. The third kappa shape index (κ3) is 20.3. The van der Waals surface area contributed by atoms with Gasteiger partial charge in [-0.25, -0.2) is 0 Å². The Kier molecular flexibility index (Phi) is 21.2. The molecule has 0 aromatic rings. The van der Waals surface area contributed by atoms with E-state index in [4.69, 9.17) is 4.74 Å². The molecule has 0 aromatic heterocycles. The summed E-state index contributed by atoms with van der Waals surface area (Å²) in [4.78, 5) is 0. The van der Waals surface area contributed by atoms with Crippen LogP contribution in [0.1, 0.15) is 136 Å². The van der Waals surface area contributed by atoms with Crippen molar-refractivity contribution >= 4 is 0 Å². The first kappa shape index (κ1) is 26.0. The molecule has 0 aliphatic heterocycles. The minimum atomic E-state index is 0.738. The highest BCUT2D eigenvalue weighted by Gasteiger charge is 2.03. The number of hydrogen-bond donors (Lipinski definition) is 0. The van der Waals surface area contributed by atoms with Crippen LogP contribution in [0.25, 0.3) is 0 Å². The summed E-state index contributed by atoms with van der Waals surface area (Å²) in [6.07, 6.45) is 26.0. The summed E-state index contributed by atoms with van der Waals surface area (Å²) in [7, 11) is 1.81. The summed E-state index contributed by atoms with van der Waals surface area (Å²) in [6.45, 7) is 8.01. The second-order valence-electron chi connectivity index (χ2n) is 8.98. The van der Waals surface area contributed by atoms with E-state index in [0.29, 0.717) is 0 Å². The van der Waals surface area contributed by atoms with Crippen LogP contribution < -0.4 is 0 Å². The Morgan fingerprint density at radius 3 is 1.23 bits per heavy atom. The van der Waals surface area contributed by atoms with Gasteiger partial charge in [0.2, 0.25) is 0 Å². The third-order valence-corrected chi connectivity index (χ3v) is 5.90. The zero-order chi connectivity index (χ0) is 19.3. The fourth-order valence-electron chi connectivity index (χ4n) is 4.01. The first-order chi connectivity index (χ1) is 12.7. The highest BCUT2D eigenvalue weighted by Crippen LogP contribution is 2.19. The van der Waals surface area contributed by atoms with Crippen LogP contribution >= 0.6 is 0 Å². The average Bonchev–Trinajstić information content (AvgIpc) is 2.62. The molecule has 0 aromatic carbocycles. The summed E-state index contributed by atoms with van der Waals surface area (Å²) in [6, 6.07) is 0. The molecule has 0 rings (SSSR count). The van der Waals surface area contributed by atoms with E-state index in [0.717, 1.165) is 18.4 Å². The molecule has 0 aliphatic carbocycles. The molecule has 1 nitrogen and oxygen atoms in total. The summed E-state index contributed by atoms with van der Waals surface area (Å²) >= 11 is 0. The van der Waals surface area contributed by atoms with Crippen molar-refractivity contribution in [2.75, 3.05) is 13.7 Å². The van der Waals surface area contributed by atoms with Gasteiger partial charge in [0.15, 0.2) is 0 Å². The maximum absolute atomic E-state index is 5.20. The van der Waals surface area contributed by atoms with Gasteiger partial charge in [0.1, 0.15) is 0 Å². The lowest BCUT2D eigenvalue weighted by atomic mass is 9.95. The first-order valence-corrected chi connectivity index (χ1v) is 12.2. The van der Waals surface area contributed by atoms with E-state index in [-0.39, 0.29) is 0 Å². The van der Waals surface area contributed by atoms with E-state index >= 15 is 0 Å². The summed E-state index contributed by atoms with van der Waals surface area (Å²) in [5, 5.41) is 0. The Labute approximate surface area is 167 Å². The molecule has 0 heterocycles. The van der Waals surface area contributed by atoms with Crippen molar-refractivity contribution in [1.29, 1.82) is 0 Å². The number of unbranched alkanes of at least 4 members (excludes halogenated alkanes) is 13. The zero-order valence-electron chi connectivity index (χ0n) is 19.0. The minimum absolute atomic E-state index is 0.738. The van der Waals surface area contributed by atoms with E-state index in [9.17, 15) is 0 Å². The van der Waals surface area contributed by atoms with Crippen molar-refractivity contribution in [2.24, 2.45) is 11.8 Å². The van der Waals surface area contributed by atoms with Gasteiger partial charge in [0.05, 0.1) is 0 Å². The highest BCUT2D eigenvalue weighted by atomic mass is 16.5. The van der Waals surface area contributed by atoms with Crippen molar-refractivity contribution in [3.8, 4) is 0 Å². The van der Waals surface area contributed by atoms with E-state index in [1.165, 1.54) is 116 Å². The van der Waals surface area contributed by atoms with Crippen molar-refractivity contribution in [1.82, 2.24) is 0 Å². The molecule has 2 unspecified atom stereocenters. The van der Waals surface area contributed by atoms with E-state index in [1.54, 1.807) is 0 Å². The molecule has 0 spiro atoms. The largest absolute Gasteiger partial charge is 0.384 e. The summed E-state index contributed by atoms with van der Waals surface area (Å²) in [5.41, 5.74) is 0. The molecule has 26 heavy (non-hydrogen) atoms. The van der Waals surface area contributed by atoms with Gasteiger partial charge in [-0.05, 0) is 18.3 Å². The van der Waals surface area contributed by atoms with E-state index < -0.39 is 0 Å². The topological polar surface area (TPSA) is 9.23 Å². The Hall–Kier alpha value is -0.0400. The van der Waals surface area contributed by atoms with Gasteiger partial charge in [-0.2, -0.15) is 0 Å². The van der Waals surface area contributed by atoms with Crippen molar-refractivity contribution in [3.05, 3.63) is 0 Å². The molecule has 0 aliphatic rings. The molecule has 0 amide bonds. The fraction of sp³-hybridized carbons (Fsp3) is 1.00.